The molecule has 0 atom stereocenters. The van der Waals surface area contributed by atoms with Crippen LogP contribution in [-0.2, 0) is 13.0 Å². The van der Waals surface area contributed by atoms with Crippen molar-refractivity contribution in [3.63, 3.8) is 0 Å². The Kier molecular flexibility index (Phi) is 6.09. The summed E-state index contributed by atoms with van der Waals surface area (Å²) in [7, 11) is 0. The van der Waals surface area contributed by atoms with Gasteiger partial charge < -0.3 is 19.3 Å². The minimum atomic E-state index is 0.243. The lowest BCUT2D eigenvalue weighted by Gasteiger charge is -2.38. The van der Waals surface area contributed by atoms with Crippen LogP contribution < -0.4 is 19.3 Å². The van der Waals surface area contributed by atoms with E-state index in [1.54, 1.807) is 0 Å². The fraction of sp³-hybridized carbons (Fsp3) is 0.357. The number of hydrogen-bond donors (Lipinski definition) is 0. The molecule has 0 unspecified atom stereocenters. The highest BCUT2D eigenvalue weighted by atomic mass is 35.5. The van der Waals surface area contributed by atoms with E-state index in [1.165, 1.54) is 11.1 Å². The van der Waals surface area contributed by atoms with Crippen molar-refractivity contribution in [1.29, 1.82) is 0 Å². The van der Waals surface area contributed by atoms with Crippen molar-refractivity contribution < 1.29 is 9.47 Å². The number of anilines is 2. The van der Waals surface area contributed by atoms with Gasteiger partial charge in [-0.05, 0) is 43.2 Å². The average Bonchev–Trinajstić information content (AvgIpc) is 3.50. The van der Waals surface area contributed by atoms with Gasteiger partial charge in [0.2, 0.25) is 6.79 Å². The fourth-order valence-corrected chi connectivity index (χ4v) is 5.51. The second-order valence-electron chi connectivity index (χ2n) is 9.39. The number of fused-ring (bicyclic) bond motifs is 2. The number of hydrogen-bond acceptors (Lipinski definition) is 6. The number of pyridine rings is 1. The van der Waals surface area contributed by atoms with Crippen LogP contribution >= 0.6 is 11.6 Å². The Labute approximate surface area is 216 Å². The van der Waals surface area contributed by atoms with Gasteiger partial charge in [0.25, 0.3) is 0 Å². The molecule has 0 aliphatic carbocycles. The molecule has 0 bridgehead atoms. The van der Waals surface area contributed by atoms with E-state index in [4.69, 9.17) is 26.2 Å². The average molecular weight is 504 g/mol. The summed E-state index contributed by atoms with van der Waals surface area (Å²) in [6, 6.07) is 14.2. The molecule has 4 aromatic rings. The van der Waals surface area contributed by atoms with Gasteiger partial charge >= 0.3 is 0 Å². The van der Waals surface area contributed by atoms with Crippen LogP contribution in [0, 0.1) is 6.92 Å². The molecule has 7 nitrogen and oxygen atoms in total. The van der Waals surface area contributed by atoms with E-state index < -0.39 is 0 Å². The molecule has 4 heterocycles. The van der Waals surface area contributed by atoms with Gasteiger partial charge in [0.15, 0.2) is 11.5 Å². The summed E-state index contributed by atoms with van der Waals surface area (Å²) in [6.07, 6.45) is 3.75. The van der Waals surface area contributed by atoms with Gasteiger partial charge in [-0.3, -0.25) is 9.67 Å². The van der Waals surface area contributed by atoms with E-state index in [1.807, 2.05) is 36.5 Å². The molecular formula is C28H30ClN5O2. The second kappa shape index (κ2) is 9.54. The van der Waals surface area contributed by atoms with Gasteiger partial charge in [0, 0.05) is 49.2 Å². The highest BCUT2D eigenvalue weighted by Crippen LogP contribution is 2.48. The molecule has 2 aromatic carbocycles. The van der Waals surface area contributed by atoms with Crippen molar-refractivity contribution in [3.05, 3.63) is 70.6 Å². The van der Waals surface area contributed by atoms with Crippen LogP contribution in [0.1, 0.15) is 30.3 Å². The van der Waals surface area contributed by atoms with Gasteiger partial charge in [-0.2, -0.15) is 5.10 Å². The van der Waals surface area contributed by atoms with E-state index in [0.717, 1.165) is 83.7 Å². The number of halogens is 1. The first-order valence-electron chi connectivity index (χ1n) is 12.6. The summed E-state index contributed by atoms with van der Waals surface area (Å²) in [5, 5.41) is 7.05. The number of aromatic nitrogens is 3. The number of rotatable bonds is 6. The summed E-state index contributed by atoms with van der Waals surface area (Å²) in [5.41, 5.74) is 6.60. The normalized spacial score (nSPS) is 15.2. The lowest BCUT2D eigenvalue weighted by Crippen LogP contribution is -2.47. The summed E-state index contributed by atoms with van der Waals surface area (Å²) in [6.45, 7) is 8.69. The number of ether oxygens (including phenoxy) is 2. The standard InChI is InChI=1S/C28H30ClN5O2/c1-3-7-22-26-24(34(31-22)17-20-8-4-5-11-30-20)16-25-28(36-18-35-25)27(26)33-14-12-32(13-15-33)23-10-6-9-21(29)19(23)2/h4-6,8-11,16H,3,7,12-15,17-18H2,1-2H3. The van der Waals surface area contributed by atoms with Crippen LogP contribution in [0.25, 0.3) is 10.9 Å². The molecular weight excluding hydrogens is 474 g/mol. The van der Waals surface area contributed by atoms with E-state index in [0.29, 0.717) is 6.54 Å². The Morgan fingerprint density at radius 1 is 1.00 bits per heavy atom. The van der Waals surface area contributed by atoms with E-state index in [2.05, 4.69) is 45.4 Å². The summed E-state index contributed by atoms with van der Waals surface area (Å²) in [5.74, 6) is 1.63. The number of nitrogens with zero attached hydrogens (tertiary/aromatic N) is 5. The molecule has 6 rings (SSSR count). The van der Waals surface area contributed by atoms with Crippen molar-refractivity contribution >= 4 is 33.9 Å². The Morgan fingerprint density at radius 2 is 1.83 bits per heavy atom. The third-order valence-electron chi connectivity index (χ3n) is 7.13. The number of aryl methyl sites for hydroxylation is 1. The maximum absolute atomic E-state index is 6.41. The minimum absolute atomic E-state index is 0.243. The third kappa shape index (κ3) is 4.01. The van der Waals surface area contributed by atoms with Gasteiger partial charge in [0.1, 0.15) is 0 Å². The Hall–Kier alpha value is -3.45. The fourth-order valence-electron chi connectivity index (χ4n) is 5.34. The van der Waals surface area contributed by atoms with Gasteiger partial charge in [-0.15, -0.1) is 0 Å². The third-order valence-corrected chi connectivity index (χ3v) is 7.54. The predicted molar refractivity (Wildman–Crippen MR) is 144 cm³/mol. The molecule has 2 aliphatic heterocycles. The molecule has 186 valence electrons. The first-order chi connectivity index (χ1) is 17.6. The molecule has 1 fully saturated rings. The topological polar surface area (TPSA) is 55.7 Å². The lowest BCUT2D eigenvalue weighted by atomic mass is 10.1. The first kappa shape index (κ1) is 23.0. The summed E-state index contributed by atoms with van der Waals surface area (Å²) in [4.78, 5) is 9.40. The van der Waals surface area contributed by atoms with Crippen LogP contribution in [0.4, 0.5) is 11.4 Å². The largest absolute Gasteiger partial charge is 0.453 e. The van der Waals surface area contributed by atoms with Crippen LogP contribution in [0.3, 0.4) is 0 Å². The van der Waals surface area contributed by atoms with Crippen molar-refractivity contribution in [1.82, 2.24) is 14.8 Å². The van der Waals surface area contributed by atoms with Gasteiger partial charge in [-0.1, -0.05) is 37.1 Å². The highest BCUT2D eigenvalue weighted by Gasteiger charge is 2.31. The zero-order chi connectivity index (χ0) is 24.6. The molecule has 8 heteroatoms. The minimum Gasteiger partial charge on any atom is -0.453 e. The van der Waals surface area contributed by atoms with Gasteiger partial charge in [-0.25, -0.2) is 0 Å². The van der Waals surface area contributed by atoms with Crippen LogP contribution in [-0.4, -0.2) is 47.7 Å². The number of piperazine rings is 1. The molecule has 0 amide bonds. The highest BCUT2D eigenvalue weighted by molar-refractivity contribution is 6.31. The van der Waals surface area contributed by atoms with Crippen LogP contribution in [0.2, 0.25) is 5.02 Å². The lowest BCUT2D eigenvalue weighted by molar-refractivity contribution is 0.174. The van der Waals surface area contributed by atoms with E-state index >= 15 is 0 Å². The predicted octanol–water partition coefficient (Wildman–Crippen LogP) is 5.45. The molecule has 36 heavy (non-hydrogen) atoms. The molecule has 0 radical (unpaired) electrons. The first-order valence-corrected chi connectivity index (χ1v) is 13.0. The molecule has 0 spiro atoms. The Balaban J connectivity index is 1.39. The summed E-state index contributed by atoms with van der Waals surface area (Å²) < 4.78 is 14.0. The molecule has 0 saturated carbocycles. The van der Waals surface area contributed by atoms with Crippen molar-refractivity contribution in [3.8, 4) is 11.5 Å². The van der Waals surface area contributed by atoms with Gasteiger partial charge in [0.05, 0.1) is 34.5 Å². The van der Waals surface area contributed by atoms with Crippen LogP contribution in [0.5, 0.6) is 11.5 Å². The van der Waals surface area contributed by atoms with Crippen LogP contribution in [0.15, 0.2) is 48.7 Å². The number of benzene rings is 2. The zero-order valence-corrected chi connectivity index (χ0v) is 21.5. The zero-order valence-electron chi connectivity index (χ0n) is 20.7. The molecule has 2 aliphatic rings. The maximum atomic E-state index is 6.41. The molecule has 1 saturated heterocycles. The maximum Gasteiger partial charge on any atom is 0.231 e. The van der Waals surface area contributed by atoms with Crippen molar-refractivity contribution in [2.75, 3.05) is 42.8 Å². The van der Waals surface area contributed by atoms with Crippen molar-refractivity contribution in [2.24, 2.45) is 0 Å². The molecule has 0 N–H and O–H groups in total. The van der Waals surface area contributed by atoms with E-state index in [-0.39, 0.29) is 6.79 Å². The SMILES string of the molecule is CCCc1nn(Cc2ccccn2)c2cc3c(c(N4CCN(c5cccc(Cl)c5C)CC4)c12)OCO3. The van der Waals surface area contributed by atoms with E-state index in [9.17, 15) is 0 Å². The van der Waals surface area contributed by atoms with Crippen molar-refractivity contribution in [2.45, 2.75) is 33.2 Å². The smallest absolute Gasteiger partial charge is 0.231 e. The monoisotopic (exact) mass is 503 g/mol. The Morgan fingerprint density at radius 3 is 2.61 bits per heavy atom. The Bertz CT molecular complexity index is 1400. The molecule has 2 aromatic heterocycles. The quantitative estimate of drug-likeness (QED) is 0.349. The second-order valence-corrected chi connectivity index (χ2v) is 9.79. The summed E-state index contributed by atoms with van der Waals surface area (Å²) >= 11 is 6.41.